The summed E-state index contributed by atoms with van der Waals surface area (Å²) in [4.78, 5) is 2.39. The summed E-state index contributed by atoms with van der Waals surface area (Å²) in [7, 11) is 1.65. The molecule has 1 aromatic carbocycles. The molecule has 1 heterocycles. The Morgan fingerprint density at radius 3 is 2.94 bits per heavy atom. The van der Waals surface area contributed by atoms with Crippen LogP contribution in [0.5, 0.6) is 5.75 Å². The zero-order chi connectivity index (χ0) is 13.2. The van der Waals surface area contributed by atoms with Crippen LogP contribution in [0.25, 0.3) is 0 Å². The van der Waals surface area contributed by atoms with Crippen LogP contribution in [0, 0.1) is 0 Å². The third kappa shape index (κ3) is 2.73. The largest absolute Gasteiger partial charge is 0.495 e. The first kappa shape index (κ1) is 13.5. The van der Waals surface area contributed by atoms with Crippen molar-refractivity contribution in [3.63, 3.8) is 0 Å². The van der Waals surface area contributed by atoms with Crippen molar-refractivity contribution in [3.8, 4) is 5.75 Å². The Kier molecular flexibility index (Phi) is 4.03. The van der Waals surface area contributed by atoms with Gasteiger partial charge in [0.15, 0.2) is 0 Å². The first-order chi connectivity index (χ1) is 8.58. The van der Waals surface area contributed by atoms with Crippen LogP contribution in [-0.2, 0) is 0 Å². The summed E-state index contributed by atoms with van der Waals surface area (Å²) in [5.74, 6) is 0.742. The molecule has 3 nitrogen and oxygen atoms in total. The second-order valence-electron chi connectivity index (χ2n) is 5.08. The predicted octanol–water partition coefficient (Wildman–Crippen LogP) is 2.93. The molecular formula is C14H21ClN2O. The van der Waals surface area contributed by atoms with E-state index in [2.05, 4.69) is 30.1 Å². The van der Waals surface area contributed by atoms with Gasteiger partial charge in [-0.3, -0.25) is 0 Å². The van der Waals surface area contributed by atoms with E-state index >= 15 is 0 Å². The van der Waals surface area contributed by atoms with Crippen LogP contribution in [0.15, 0.2) is 18.2 Å². The Morgan fingerprint density at radius 1 is 1.50 bits per heavy atom. The summed E-state index contributed by atoms with van der Waals surface area (Å²) in [6.07, 6.45) is 1.12. The van der Waals surface area contributed by atoms with Gasteiger partial charge in [0, 0.05) is 36.9 Å². The lowest BCUT2D eigenvalue weighted by molar-refractivity contribution is 0.314. The number of anilines is 1. The van der Waals surface area contributed by atoms with Crippen LogP contribution >= 0.6 is 11.6 Å². The van der Waals surface area contributed by atoms with Crippen molar-refractivity contribution in [1.82, 2.24) is 5.32 Å². The molecule has 1 atom stereocenters. The number of nitrogens with zero attached hydrogens (tertiary/aromatic N) is 1. The van der Waals surface area contributed by atoms with Crippen molar-refractivity contribution in [3.05, 3.63) is 23.2 Å². The quantitative estimate of drug-likeness (QED) is 0.912. The summed E-state index contributed by atoms with van der Waals surface area (Å²) in [5.41, 5.74) is 1.36. The highest BCUT2D eigenvalue weighted by Crippen LogP contribution is 2.30. The zero-order valence-corrected chi connectivity index (χ0v) is 12.0. The van der Waals surface area contributed by atoms with E-state index in [4.69, 9.17) is 16.3 Å². The summed E-state index contributed by atoms with van der Waals surface area (Å²) < 4.78 is 5.28. The minimum absolute atomic E-state index is 0.186. The van der Waals surface area contributed by atoms with Gasteiger partial charge in [0.05, 0.1) is 12.1 Å². The van der Waals surface area contributed by atoms with Crippen LogP contribution in [0.3, 0.4) is 0 Å². The van der Waals surface area contributed by atoms with E-state index in [0.29, 0.717) is 5.02 Å². The molecule has 18 heavy (non-hydrogen) atoms. The molecule has 4 heteroatoms. The maximum absolute atomic E-state index is 6.06. The average molecular weight is 269 g/mol. The standard InChI is InChI=1S/C14H21ClN2O/c1-4-14(2)10-17(8-7-16-14)11-5-6-12(15)13(9-11)18-3/h5-6,9,16H,4,7-8,10H2,1-3H3. The predicted molar refractivity (Wildman–Crippen MR) is 76.9 cm³/mol. The van der Waals surface area contributed by atoms with Crippen LogP contribution in [0.1, 0.15) is 20.3 Å². The summed E-state index contributed by atoms with van der Waals surface area (Å²) >= 11 is 6.06. The van der Waals surface area contributed by atoms with Gasteiger partial charge in [-0.2, -0.15) is 0 Å². The number of hydrogen-bond donors (Lipinski definition) is 1. The summed E-state index contributed by atoms with van der Waals surface area (Å²) in [6.45, 7) is 7.52. The van der Waals surface area contributed by atoms with E-state index in [1.54, 1.807) is 7.11 Å². The van der Waals surface area contributed by atoms with Gasteiger partial charge < -0.3 is 15.0 Å². The normalized spacial score (nSPS) is 24.1. The first-order valence-corrected chi connectivity index (χ1v) is 6.79. The number of rotatable bonds is 3. The lowest BCUT2D eigenvalue weighted by atomic mass is 9.95. The molecule has 1 unspecified atom stereocenters. The molecule has 1 aliphatic heterocycles. The number of benzene rings is 1. The highest BCUT2D eigenvalue weighted by Gasteiger charge is 2.28. The third-order valence-corrected chi connectivity index (χ3v) is 4.07. The molecule has 0 aromatic heterocycles. The molecule has 1 N–H and O–H groups in total. The van der Waals surface area contributed by atoms with Gasteiger partial charge in [0.2, 0.25) is 0 Å². The average Bonchev–Trinajstić information content (AvgIpc) is 2.39. The molecule has 0 aliphatic carbocycles. The van der Waals surface area contributed by atoms with E-state index < -0.39 is 0 Å². The van der Waals surface area contributed by atoms with Gasteiger partial charge in [0.1, 0.15) is 5.75 Å². The molecule has 1 aromatic rings. The minimum atomic E-state index is 0.186. The molecule has 0 spiro atoms. The van der Waals surface area contributed by atoms with Gasteiger partial charge >= 0.3 is 0 Å². The van der Waals surface area contributed by atoms with E-state index in [1.165, 1.54) is 5.69 Å². The van der Waals surface area contributed by atoms with Crippen molar-refractivity contribution in [1.29, 1.82) is 0 Å². The third-order valence-electron chi connectivity index (χ3n) is 3.75. The fourth-order valence-electron chi connectivity index (χ4n) is 2.35. The van der Waals surface area contributed by atoms with Gasteiger partial charge in [-0.25, -0.2) is 0 Å². The fourth-order valence-corrected chi connectivity index (χ4v) is 2.55. The van der Waals surface area contributed by atoms with Crippen LogP contribution in [0.4, 0.5) is 5.69 Å². The first-order valence-electron chi connectivity index (χ1n) is 6.41. The molecule has 1 fully saturated rings. The maximum atomic E-state index is 6.06. The molecule has 1 aliphatic rings. The lowest BCUT2D eigenvalue weighted by Crippen LogP contribution is -2.58. The van der Waals surface area contributed by atoms with Crippen molar-refractivity contribution in [2.24, 2.45) is 0 Å². The maximum Gasteiger partial charge on any atom is 0.139 e. The lowest BCUT2D eigenvalue weighted by Gasteiger charge is -2.42. The highest BCUT2D eigenvalue weighted by atomic mass is 35.5. The van der Waals surface area contributed by atoms with E-state index in [1.807, 2.05) is 12.1 Å². The Hall–Kier alpha value is -0.930. The molecule has 0 bridgehead atoms. The molecule has 1 saturated heterocycles. The minimum Gasteiger partial charge on any atom is -0.495 e. The number of nitrogens with one attached hydrogen (secondary N) is 1. The number of ether oxygens (including phenoxy) is 1. The smallest absolute Gasteiger partial charge is 0.139 e. The monoisotopic (exact) mass is 268 g/mol. The number of halogens is 1. The van der Waals surface area contributed by atoms with E-state index in [-0.39, 0.29) is 5.54 Å². The Morgan fingerprint density at radius 2 is 2.28 bits per heavy atom. The van der Waals surface area contributed by atoms with Crippen molar-refractivity contribution in [2.75, 3.05) is 31.6 Å². The molecule has 100 valence electrons. The van der Waals surface area contributed by atoms with Crippen LogP contribution in [0.2, 0.25) is 5.02 Å². The second-order valence-corrected chi connectivity index (χ2v) is 5.49. The second kappa shape index (κ2) is 5.37. The van der Waals surface area contributed by atoms with Crippen molar-refractivity contribution in [2.45, 2.75) is 25.8 Å². The zero-order valence-electron chi connectivity index (χ0n) is 11.3. The molecular weight excluding hydrogens is 248 g/mol. The van der Waals surface area contributed by atoms with Gasteiger partial charge in [0.25, 0.3) is 0 Å². The summed E-state index contributed by atoms with van der Waals surface area (Å²) in [5, 5.41) is 4.25. The molecule has 0 saturated carbocycles. The molecule has 0 amide bonds. The van der Waals surface area contributed by atoms with E-state index in [0.717, 1.165) is 31.8 Å². The Bertz CT molecular complexity index is 424. The molecule has 0 radical (unpaired) electrons. The van der Waals surface area contributed by atoms with Crippen LogP contribution < -0.4 is 15.0 Å². The Balaban J connectivity index is 2.21. The molecule has 2 rings (SSSR count). The number of piperazine rings is 1. The summed E-state index contributed by atoms with van der Waals surface area (Å²) in [6, 6.07) is 5.98. The van der Waals surface area contributed by atoms with Gasteiger partial charge in [-0.05, 0) is 25.5 Å². The number of hydrogen-bond acceptors (Lipinski definition) is 3. The van der Waals surface area contributed by atoms with Gasteiger partial charge in [-0.15, -0.1) is 0 Å². The van der Waals surface area contributed by atoms with Crippen molar-refractivity contribution >= 4 is 17.3 Å². The topological polar surface area (TPSA) is 24.5 Å². The van der Waals surface area contributed by atoms with Gasteiger partial charge in [-0.1, -0.05) is 18.5 Å². The van der Waals surface area contributed by atoms with E-state index in [9.17, 15) is 0 Å². The van der Waals surface area contributed by atoms with Crippen molar-refractivity contribution < 1.29 is 4.74 Å². The SMILES string of the molecule is CCC1(C)CN(c2ccc(Cl)c(OC)c2)CCN1. The van der Waals surface area contributed by atoms with Crippen LogP contribution in [-0.4, -0.2) is 32.3 Å². The number of methoxy groups -OCH3 is 1. The highest BCUT2D eigenvalue weighted by molar-refractivity contribution is 6.32. The fraction of sp³-hybridized carbons (Fsp3) is 0.571. The Labute approximate surface area is 114 Å².